The standard InChI is InChI=1S/C14H20ClN3O.ClH/c1-10-4-5-11(15)7-13(10)17-14(19)9-18-6-2-3-12(16)8-18;/h4-5,7,12H,2-3,6,8-9,16H2,1H3,(H,17,19);1H/t12-;/m1./s1. The number of carbonyl (C=O) groups is 1. The number of nitrogens with one attached hydrogen (secondary N) is 1. The second-order valence-corrected chi connectivity index (χ2v) is 5.58. The average molecular weight is 318 g/mol. The molecule has 1 aliphatic rings. The van der Waals surface area contributed by atoms with Crippen LogP contribution in [-0.4, -0.2) is 36.5 Å². The fraction of sp³-hybridized carbons (Fsp3) is 0.500. The highest BCUT2D eigenvalue weighted by molar-refractivity contribution is 6.31. The molecule has 0 spiro atoms. The van der Waals surface area contributed by atoms with E-state index < -0.39 is 0 Å². The average Bonchev–Trinajstić information content (AvgIpc) is 2.34. The van der Waals surface area contributed by atoms with Crippen LogP contribution in [0.25, 0.3) is 0 Å². The van der Waals surface area contributed by atoms with Gasteiger partial charge in [-0.3, -0.25) is 9.69 Å². The van der Waals surface area contributed by atoms with Crippen molar-refractivity contribution in [2.45, 2.75) is 25.8 Å². The maximum Gasteiger partial charge on any atom is 0.238 e. The zero-order valence-corrected chi connectivity index (χ0v) is 13.1. The van der Waals surface area contributed by atoms with Crippen molar-refractivity contribution in [2.24, 2.45) is 5.73 Å². The van der Waals surface area contributed by atoms with E-state index in [2.05, 4.69) is 10.2 Å². The van der Waals surface area contributed by atoms with Gasteiger partial charge in [-0.25, -0.2) is 0 Å². The molecule has 6 heteroatoms. The van der Waals surface area contributed by atoms with Crippen molar-refractivity contribution in [3.05, 3.63) is 28.8 Å². The summed E-state index contributed by atoms with van der Waals surface area (Å²) in [5, 5.41) is 3.53. The van der Waals surface area contributed by atoms with Crippen LogP contribution < -0.4 is 11.1 Å². The van der Waals surface area contributed by atoms with Crippen molar-refractivity contribution in [1.82, 2.24) is 4.90 Å². The Morgan fingerprint density at radius 2 is 2.30 bits per heavy atom. The molecule has 0 bridgehead atoms. The van der Waals surface area contributed by atoms with E-state index in [1.54, 1.807) is 6.07 Å². The van der Waals surface area contributed by atoms with Crippen molar-refractivity contribution < 1.29 is 4.79 Å². The smallest absolute Gasteiger partial charge is 0.238 e. The fourth-order valence-corrected chi connectivity index (χ4v) is 2.53. The molecule has 1 aliphatic heterocycles. The van der Waals surface area contributed by atoms with Gasteiger partial charge in [-0.2, -0.15) is 0 Å². The van der Waals surface area contributed by atoms with E-state index in [4.69, 9.17) is 17.3 Å². The first-order valence-electron chi connectivity index (χ1n) is 6.58. The zero-order chi connectivity index (χ0) is 13.8. The third kappa shape index (κ3) is 4.94. The number of nitrogens with zero attached hydrogens (tertiary/aromatic N) is 1. The van der Waals surface area contributed by atoms with E-state index in [-0.39, 0.29) is 24.4 Å². The third-order valence-corrected chi connectivity index (χ3v) is 3.62. The molecule has 0 aliphatic carbocycles. The summed E-state index contributed by atoms with van der Waals surface area (Å²) in [7, 11) is 0. The number of carbonyl (C=O) groups excluding carboxylic acids is 1. The Balaban J connectivity index is 0.00000200. The van der Waals surface area contributed by atoms with Gasteiger partial charge in [0.1, 0.15) is 0 Å². The molecule has 1 saturated heterocycles. The fourth-order valence-electron chi connectivity index (χ4n) is 2.36. The van der Waals surface area contributed by atoms with Gasteiger partial charge >= 0.3 is 0 Å². The van der Waals surface area contributed by atoms with Crippen molar-refractivity contribution in [1.29, 1.82) is 0 Å². The van der Waals surface area contributed by atoms with Crippen molar-refractivity contribution in [2.75, 3.05) is 25.0 Å². The van der Waals surface area contributed by atoms with E-state index >= 15 is 0 Å². The number of rotatable bonds is 3. The molecule has 20 heavy (non-hydrogen) atoms. The van der Waals surface area contributed by atoms with E-state index in [9.17, 15) is 4.79 Å². The molecule has 3 N–H and O–H groups in total. The molecular formula is C14H21Cl2N3O. The summed E-state index contributed by atoms with van der Waals surface area (Å²) in [6.07, 6.45) is 2.11. The van der Waals surface area contributed by atoms with Crippen LogP contribution in [0.15, 0.2) is 18.2 Å². The van der Waals surface area contributed by atoms with Gasteiger partial charge in [0.15, 0.2) is 0 Å². The highest BCUT2D eigenvalue weighted by Gasteiger charge is 2.19. The Bertz CT molecular complexity index is 468. The lowest BCUT2D eigenvalue weighted by molar-refractivity contribution is -0.117. The number of amides is 1. The molecule has 0 radical (unpaired) electrons. The molecule has 0 aromatic heterocycles. The molecule has 0 saturated carbocycles. The van der Waals surface area contributed by atoms with Crippen LogP contribution in [0.2, 0.25) is 5.02 Å². The van der Waals surface area contributed by atoms with Crippen molar-refractivity contribution in [3.8, 4) is 0 Å². The van der Waals surface area contributed by atoms with Crippen LogP contribution in [0.5, 0.6) is 0 Å². The number of piperidine rings is 1. The molecule has 1 fully saturated rings. The molecule has 1 heterocycles. The largest absolute Gasteiger partial charge is 0.327 e. The lowest BCUT2D eigenvalue weighted by Gasteiger charge is -2.30. The first-order valence-corrected chi connectivity index (χ1v) is 6.96. The van der Waals surface area contributed by atoms with Gasteiger partial charge in [0, 0.05) is 23.3 Å². The van der Waals surface area contributed by atoms with Gasteiger partial charge in [-0.1, -0.05) is 17.7 Å². The van der Waals surface area contributed by atoms with Gasteiger partial charge in [-0.15, -0.1) is 12.4 Å². The maximum absolute atomic E-state index is 12.0. The van der Waals surface area contributed by atoms with Gasteiger partial charge in [0.2, 0.25) is 5.91 Å². The van der Waals surface area contributed by atoms with Crippen LogP contribution in [-0.2, 0) is 4.79 Å². The number of aryl methyl sites for hydroxylation is 1. The van der Waals surface area contributed by atoms with Crippen LogP contribution in [0, 0.1) is 6.92 Å². The predicted octanol–water partition coefficient (Wildman–Crippen LogP) is 2.43. The summed E-state index contributed by atoms with van der Waals surface area (Å²) >= 11 is 5.93. The normalized spacial score (nSPS) is 19.2. The number of nitrogens with two attached hydrogens (primary N) is 1. The minimum atomic E-state index is -0.0144. The minimum Gasteiger partial charge on any atom is -0.327 e. The Hall–Kier alpha value is -0.810. The number of benzene rings is 1. The highest BCUT2D eigenvalue weighted by atomic mass is 35.5. The van der Waals surface area contributed by atoms with E-state index in [1.807, 2.05) is 19.1 Å². The summed E-state index contributed by atoms with van der Waals surface area (Å²) in [5.41, 5.74) is 7.69. The lowest BCUT2D eigenvalue weighted by Crippen LogP contribution is -2.45. The van der Waals surface area contributed by atoms with Crippen molar-refractivity contribution >= 4 is 35.6 Å². The Morgan fingerprint density at radius 3 is 3.00 bits per heavy atom. The van der Waals surface area contributed by atoms with Crippen LogP contribution in [0.1, 0.15) is 18.4 Å². The Labute approximate surface area is 131 Å². The topological polar surface area (TPSA) is 58.4 Å². The summed E-state index contributed by atoms with van der Waals surface area (Å²) in [6.45, 7) is 4.07. The highest BCUT2D eigenvalue weighted by Crippen LogP contribution is 2.20. The van der Waals surface area contributed by atoms with Crippen LogP contribution >= 0.6 is 24.0 Å². The number of hydrogen-bond donors (Lipinski definition) is 2. The molecule has 1 aromatic rings. The molecule has 112 valence electrons. The molecule has 1 atom stereocenters. The first-order chi connectivity index (χ1) is 9.04. The predicted molar refractivity (Wildman–Crippen MR) is 85.7 cm³/mol. The van der Waals surface area contributed by atoms with E-state index in [0.717, 1.165) is 37.2 Å². The third-order valence-electron chi connectivity index (χ3n) is 3.38. The summed E-state index contributed by atoms with van der Waals surface area (Å²) < 4.78 is 0. The Morgan fingerprint density at radius 1 is 1.55 bits per heavy atom. The molecule has 4 nitrogen and oxygen atoms in total. The van der Waals surface area contributed by atoms with Crippen molar-refractivity contribution in [3.63, 3.8) is 0 Å². The Kier molecular flexibility index (Phi) is 6.76. The second kappa shape index (κ2) is 7.84. The van der Waals surface area contributed by atoms with E-state index in [0.29, 0.717) is 11.6 Å². The number of anilines is 1. The van der Waals surface area contributed by atoms with Gasteiger partial charge in [0.25, 0.3) is 0 Å². The summed E-state index contributed by atoms with van der Waals surface area (Å²) in [5.74, 6) is -0.0144. The number of likely N-dealkylation sites (tertiary alicyclic amines) is 1. The minimum absolute atomic E-state index is 0. The summed E-state index contributed by atoms with van der Waals surface area (Å²) in [6, 6.07) is 5.68. The SMILES string of the molecule is Cc1ccc(Cl)cc1NC(=O)CN1CCC[C@@H](N)C1.Cl. The van der Waals surface area contributed by atoms with Gasteiger partial charge in [-0.05, 0) is 44.0 Å². The molecule has 1 amide bonds. The monoisotopic (exact) mass is 317 g/mol. The van der Waals surface area contributed by atoms with Crippen LogP contribution in [0.3, 0.4) is 0 Å². The second-order valence-electron chi connectivity index (χ2n) is 5.14. The van der Waals surface area contributed by atoms with Gasteiger partial charge in [0.05, 0.1) is 6.54 Å². The lowest BCUT2D eigenvalue weighted by atomic mass is 10.1. The van der Waals surface area contributed by atoms with Gasteiger partial charge < -0.3 is 11.1 Å². The number of halogens is 2. The molecule has 0 unspecified atom stereocenters. The molecule has 2 rings (SSSR count). The molecular weight excluding hydrogens is 297 g/mol. The maximum atomic E-state index is 12.0. The summed E-state index contributed by atoms with van der Waals surface area (Å²) in [4.78, 5) is 14.1. The quantitative estimate of drug-likeness (QED) is 0.900. The molecule has 1 aromatic carbocycles. The van der Waals surface area contributed by atoms with Crippen LogP contribution in [0.4, 0.5) is 5.69 Å². The van der Waals surface area contributed by atoms with E-state index in [1.165, 1.54) is 0 Å². The zero-order valence-electron chi connectivity index (χ0n) is 11.6. The first kappa shape index (κ1) is 17.2. The number of hydrogen-bond acceptors (Lipinski definition) is 3.